The highest BCUT2D eigenvalue weighted by molar-refractivity contribution is 5.47. The second-order valence-corrected chi connectivity index (χ2v) is 6.94. The van der Waals surface area contributed by atoms with Crippen LogP contribution in [0.25, 0.3) is 0 Å². The number of nitriles is 1. The molecule has 1 aliphatic carbocycles. The molecule has 0 amide bonds. The SMILES string of the molecule is CCC1CCCC(Nc2ccc(C(C)(C)C#N)cc2)CC1. The van der Waals surface area contributed by atoms with Gasteiger partial charge in [-0.2, -0.15) is 5.26 Å². The van der Waals surface area contributed by atoms with Gasteiger partial charge >= 0.3 is 0 Å². The number of rotatable bonds is 4. The van der Waals surface area contributed by atoms with Crippen LogP contribution >= 0.6 is 0 Å². The molecule has 1 aromatic rings. The van der Waals surface area contributed by atoms with E-state index in [1.54, 1.807) is 0 Å². The van der Waals surface area contributed by atoms with Gasteiger partial charge in [-0.05, 0) is 56.7 Å². The van der Waals surface area contributed by atoms with Gasteiger partial charge in [-0.1, -0.05) is 38.3 Å². The Labute approximate surface area is 129 Å². The fourth-order valence-electron chi connectivity index (χ4n) is 3.21. The molecule has 0 spiro atoms. The van der Waals surface area contributed by atoms with Gasteiger partial charge in [-0.15, -0.1) is 0 Å². The second-order valence-electron chi connectivity index (χ2n) is 6.94. The Morgan fingerprint density at radius 1 is 1.14 bits per heavy atom. The Balaban J connectivity index is 1.96. The number of hydrogen-bond donors (Lipinski definition) is 1. The zero-order valence-corrected chi connectivity index (χ0v) is 13.7. The number of hydrogen-bond acceptors (Lipinski definition) is 2. The van der Waals surface area contributed by atoms with E-state index in [2.05, 4.69) is 42.6 Å². The lowest BCUT2D eigenvalue weighted by Crippen LogP contribution is -2.19. The predicted molar refractivity (Wildman–Crippen MR) is 89.4 cm³/mol. The molecule has 2 nitrogen and oxygen atoms in total. The molecule has 1 fully saturated rings. The molecule has 2 unspecified atom stereocenters. The van der Waals surface area contributed by atoms with Gasteiger partial charge in [0.25, 0.3) is 0 Å². The molecular formula is C19H28N2. The highest BCUT2D eigenvalue weighted by Gasteiger charge is 2.20. The maximum absolute atomic E-state index is 9.19. The molecule has 1 aliphatic rings. The van der Waals surface area contributed by atoms with Crippen LogP contribution in [0.2, 0.25) is 0 Å². The van der Waals surface area contributed by atoms with Gasteiger partial charge in [0.05, 0.1) is 11.5 Å². The second kappa shape index (κ2) is 6.98. The minimum absolute atomic E-state index is 0.408. The molecule has 1 saturated carbocycles. The van der Waals surface area contributed by atoms with Crippen LogP contribution < -0.4 is 5.32 Å². The van der Waals surface area contributed by atoms with Crippen LogP contribution in [0.1, 0.15) is 64.9 Å². The molecule has 114 valence electrons. The van der Waals surface area contributed by atoms with Crippen molar-refractivity contribution in [3.63, 3.8) is 0 Å². The van der Waals surface area contributed by atoms with E-state index in [0.29, 0.717) is 6.04 Å². The topological polar surface area (TPSA) is 35.8 Å². The Kier molecular flexibility index (Phi) is 5.28. The fourth-order valence-corrected chi connectivity index (χ4v) is 3.21. The van der Waals surface area contributed by atoms with Crippen LogP contribution in [0.5, 0.6) is 0 Å². The summed E-state index contributed by atoms with van der Waals surface area (Å²) >= 11 is 0. The summed E-state index contributed by atoms with van der Waals surface area (Å²) in [4.78, 5) is 0. The molecule has 2 rings (SSSR count). The molecule has 1 N–H and O–H groups in total. The van der Waals surface area contributed by atoms with Gasteiger partial charge in [0.15, 0.2) is 0 Å². The minimum Gasteiger partial charge on any atom is -0.382 e. The van der Waals surface area contributed by atoms with Gasteiger partial charge < -0.3 is 5.32 Å². The maximum Gasteiger partial charge on any atom is 0.0766 e. The summed E-state index contributed by atoms with van der Waals surface area (Å²) in [6.45, 7) is 6.24. The molecule has 1 aromatic carbocycles. The normalized spacial score (nSPS) is 23.1. The van der Waals surface area contributed by atoms with Crippen molar-refractivity contribution in [2.45, 2.75) is 70.8 Å². The molecular weight excluding hydrogens is 256 g/mol. The van der Waals surface area contributed by atoms with Crippen LogP contribution in [0.4, 0.5) is 5.69 Å². The van der Waals surface area contributed by atoms with Crippen LogP contribution in [0, 0.1) is 17.2 Å². The number of nitrogens with one attached hydrogen (secondary N) is 1. The van der Waals surface area contributed by atoms with Gasteiger partial charge in [0, 0.05) is 11.7 Å². The van der Waals surface area contributed by atoms with Crippen molar-refractivity contribution in [1.29, 1.82) is 5.26 Å². The van der Waals surface area contributed by atoms with Crippen molar-refractivity contribution in [3.8, 4) is 6.07 Å². The summed E-state index contributed by atoms with van der Waals surface area (Å²) in [6, 6.07) is 11.4. The summed E-state index contributed by atoms with van der Waals surface area (Å²) in [5, 5.41) is 12.9. The first kappa shape index (κ1) is 15.9. The van der Waals surface area contributed by atoms with E-state index in [0.717, 1.165) is 11.5 Å². The molecule has 0 saturated heterocycles. The standard InChI is InChI=1S/C19H28N2/c1-4-15-6-5-7-17(11-8-15)21-18-12-9-16(10-13-18)19(2,3)14-20/h9-10,12-13,15,17,21H,4-8,11H2,1-3H3. The van der Waals surface area contributed by atoms with E-state index in [1.165, 1.54) is 44.2 Å². The summed E-state index contributed by atoms with van der Waals surface area (Å²) < 4.78 is 0. The molecule has 0 heterocycles. The number of benzene rings is 1. The van der Waals surface area contributed by atoms with E-state index < -0.39 is 5.41 Å². The Morgan fingerprint density at radius 2 is 1.86 bits per heavy atom. The first-order valence-corrected chi connectivity index (χ1v) is 8.33. The largest absolute Gasteiger partial charge is 0.382 e. The fraction of sp³-hybridized carbons (Fsp3) is 0.632. The molecule has 0 radical (unpaired) electrons. The molecule has 2 heteroatoms. The third-order valence-electron chi connectivity index (χ3n) is 4.92. The van der Waals surface area contributed by atoms with Gasteiger partial charge in [0.2, 0.25) is 0 Å². The van der Waals surface area contributed by atoms with E-state index in [1.807, 2.05) is 13.8 Å². The molecule has 0 bridgehead atoms. The lowest BCUT2D eigenvalue weighted by atomic mass is 9.86. The first-order chi connectivity index (χ1) is 10.0. The molecule has 0 aromatic heterocycles. The summed E-state index contributed by atoms with van der Waals surface area (Å²) in [5.41, 5.74) is 1.87. The van der Waals surface area contributed by atoms with E-state index in [9.17, 15) is 5.26 Å². The highest BCUT2D eigenvalue weighted by Crippen LogP contribution is 2.28. The van der Waals surface area contributed by atoms with Crippen molar-refractivity contribution in [1.82, 2.24) is 0 Å². The van der Waals surface area contributed by atoms with Crippen molar-refractivity contribution in [2.24, 2.45) is 5.92 Å². The van der Waals surface area contributed by atoms with Crippen molar-refractivity contribution >= 4 is 5.69 Å². The number of nitrogens with zero attached hydrogens (tertiary/aromatic N) is 1. The number of anilines is 1. The minimum atomic E-state index is -0.408. The van der Waals surface area contributed by atoms with E-state index in [4.69, 9.17) is 0 Å². The summed E-state index contributed by atoms with van der Waals surface area (Å²) in [6.07, 6.45) is 7.98. The van der Waals surface area contributed by atoms with Gasteiger partial charge in [0.1, 0.15) is 0 Å². The smallest absolute Gasteiger partial charge is 0.0766 e. The van der Waals surface area contributed by atoms with Crippen molar-refractivity contribution in [3.05, 3.63) is 29.8 Å². The highest BCUT2D eigenvalue weighted by atomic mass is 14.9. The third-order valence-corrected chi connectivity index (χ3v) is 4.92. The van der Waals surface area contributed by atoms with Crippen LogP contribution in [0.15, 0.2) is 24.3 Å². The summed E-state index contributed by atoms with van der Waals surface area (Å²) in [5.74, 6) is 0.926. The predicted octanol–water partition coefficient (Wildman–Crippen LogP) is 5.26. The van der Waals surface area contributed by atoms with E-state index in [-0.39, 0.29) is 0 Å². The third kappa shape index (κ3) is 4.24. The quantitative estimate of drug-likeness (QED) is 0.766. The lowest BCUT2D eigenvalue weighted by Gasteiger charge is -2.20. The van der Waals surface area contributed by atoms with Gasteiger partial charge in [-0.3, -0.25) is 0 Å². The maximum atomic E-state index is 9.19. The molecule has 0 aliphatic heterocycles. The molecule has 21 heavy (non-hydrogen) atoms. The average Bonchev–Trinajstić information content (AvgIpc) is 2.73. The summed E-state index contributed by atoms with van der Waals surface area (Å²) in [7, 11) is 0. The van der Waals surface area contributed by atoms with Crippen molar-refractivity contribution < 1.29 is 0 Å². The Bertz CT molecular complexity index is 481. The van der Waals surface area contributed by atoms with Crippen LogP contribution in [0.3, 0.4) is 0 Å². The molecule has 2 atom stereocenters. The van der Waals surface area contributed by atoms with E-state index >= 15 is 0 Å². The van der Waals surface area contributed by atoms with Crippen LogP contribution in [-0.2, 0) is 5.41 Å². The van der Waals surface area contributed by atoms with Crippen LogP contribution in [-0.4, -0.2) is 6.04 Å². The average molecular weight is 284 g/mol. The Hall–Kier alpha value is -1.49. The zero-order chi connectivity index (χ0) is 15.3. The first-order valence-electron chi connectivity index (χ1n) is 8.33. The van der Waals surface area contributed by atoms with Gasteiger partial charge in [-0.25, -0.2) is 0 Å². The zero-order valence-electron chi connectivity index (χ0n) is 13.7. The lowest BCUT2D eigenvalue weighted by molar-refractivity contribution is 0.444. The monoisotopic (exact) mass is 284 g/mol. The van der Waals surface area contributed by atoms with Crippen molar-refractivity contribution in [2.75, 3.05) is 5.32 Å². The Morgan fingerprint density at radius 3 is 2.48 bits per heavy atom.